The zero-order valence-electron chi connectivity index (χ0n) is 11.4. The first kappa shape index (κ1) is 15.2. The van der Waals surface area contributed by atoms with Gasteiger partial charge in [-0.25, -0.2) is 4.98 Å². The lowest BCUT2D eigenvalue weighted by Gasteiger charge is -2.25. The molecule has 0 radical (unpaired) electrons. The number of ether oxygens (including phenoxy) is 1. The van der Waals surface area contributed by atoms with Gasteiger partial charge >= 0.3 is 0 Å². The van der Waals surface area contributed by atoms with E-state index in [0.29, 0.717) is 5.95 Å². The summed E-state index contributed by atoms with van der Waals surface area (Å²) < 4.78 is 5.98. The van der Waals surface area contributed by atoms with Crippen LogP contribution in [0.4, 0.5) is 11.8 Å². The molecule has 5 nitrogen and oxygen atoms in total. The number of aromatic nitrogens is 2. The third-order valence-electron chi connectivity index (χ3n) is 2.69. The van der Waals surface area contributed by atoms with E-state index in [-0.39, 0.29) is 5.41 Å². The fourth-order valence-electron chi connectivity index (χ4n) is 1.40. The summed E-state index contributed by atoms with van der Waals surface area (Å²) in [6.45, 7) is 6.00. The second-order valence-electron chi connectivity index (χ2n) is 4.90. The molecule has 0 fully saturated rings. The van der Waals surface area contributed by atoms with Crippen molar-refractivity contribution >= 4 is 27.7 Å². The summed E-state index contributed by atoms with van der Waals surface area (Å²) in [7, 11) is 3.53. The molecule has 102 valence electrons. The standard InChI is InChI=1S/C12H21BrN4O/c1-12(2,5-6-18-4)8-16-10-9(13)7-15-11(14-3)17-10/h7H,5-6,8H2,1-4H3,(H2,14,15,16,17). The highest BCUT2D eigenvalue weighted by Crippen LogP contribution is 2.24. The summed E-state index contributed by atoms with van der Waals surface area (Å²) in [6.07, 6.45) is 2.74. The Hall–Kier alpha value is -0.880. The topological polar surface area (TPSA) is 59.1 Å². The molecular formula is C12H21BrN4O. The smallest absolute Gasteiger partial charge is 0.224 e. The molecule has 0 atom stereocenters. The van der Waals surface area contributed by atoms with Gasteiger partial charge in [-0.05, 0) is 27.8 Å². The maximum Gasteiger partial charge on any atom is 0.224 e. The third kappa shape index (κ3) is 4.78. The first-order chi connectivity index (χ1) is 8.48. The maximum atomic E-state index is 5.12. The molecule has 0 unspecified atom stereocenters. The number of nitrogens with zero attached hydrogens (tertiary/aromatic N) is 2. The lowest BCUT2D eigenvalue weighted by atomic mass is 9.90. The first-order valence-electron chi connectivity index (χ1n) is 5.91. The predicted molar refractivity (Wildman–Crippen MR) is 78.0 cm³/mol. The Morgan fingerprint density at radius 2 is 2.17 bits per heavy atom. The van der Waals surface area contributed by atoms with Gasteiger partial charge in [0.25, 0.3) is 0 Å². The summed E-state index contributed by atoms with van der Waals surface area (Å²) >= 11 is 3.44. The molecule has 18 heavy (non-hydrogen) atoms. The average Bonchev–Trinajstić information content (AvgIpc) is 2.35. The van der Waals surface area contributed by atoms with Crippen molar-refractivity contribution in [2.24, 2.45) is 5.41 Å². The van der Waals surface area contributed by atoms with Crippen LogP contribution in [0.5, 0.6) is 0 Å². The van der Waals surface area contributed by atoms with E-state index in [1.165, 1.54) is 0 Å². The van der Waals surface area contributed by atoms with Gasteiger partial charge in [0.1, 0.15) is 5.82 Å². The van der Waals surface area contributed by atoms with Crippen LogP contribution >= 0.6 is 15.9 Å². The van der Waals surface area contributed by atoms with Crippen molar-refractivity contribution in [1.82, 2.24) is 9.97 Å². The molecule has 0 aromatic carbocycles. The fourth-order valence-corrected chi connectivity index (χ4v) is 1.73. The molecule has 0 aliphatic heterocycles. The summed E-state index contributed by atoms with van der Waals surface area (Å²) in [5, 5.41) is 6.27. The number of rotatable bonds is 7. The Balaban J connectivity index is 2.62. The molecule has 0 spiro atoms. The molecule has 0 bridgehead atoms. The molecule has 0 saturated carbocycles. The van der Waals surface area contributed by atoms with E-state index in [4.69, 9.17) is 4.74 Å². The molecule has 1 rings (SSSR count). The van der Waals surface area contributed by atoms with Crippen molar-refractivity contribution in [3.05, 3.63) is 10.7 Å². The Morgan fingerprint density at radius 3 is 2.78 bits per heavy atom. The Morgan fingerprint density at radius 1 is 1.44 bits per heavy atom. The van der Waals surface area contributed by atoms with E-state index < -0.39 is 0 Å². The van der Waals surface area contributed by atoms with Crippen LogP contribution in [0.25, 0.3) is 0 Å². The van der Waals surface area contributed by atoms with Gasteiger partial charge < -0.3 is 15.4 Å². The molecule has 0 amide bonds. The van der Waals surface area contributed by atoms with Gasteiger partial charge in [0.2, 0.25) is 5.95 Å². The van der Waals surface area contributed by atoms with Gasteiger partial charge in [0.15, 0.2) is 0 Å². The molecule has 6 heteroatoms. The van der Waals surface area contributed by atoms with Gasteiger partial charge in [-0.3, -0.25) is 0 Å². The van der Waals surface area contributed by atoms with Crippen LogP contribution in [0.3, 0.4) is 0 Å². The second-order valence-corrected chi connectivity index (χ2v) is 5.76. The van der Waals surface area contributed by atoms with Crippen LogP contribution in [0.2, 0.25) is 0 Å². The lowest BCUT2D eigenvalue weighted by Crippen LogP contribution is -2.25. The number of anilines is 2. The normalized spacial score (nSPS) is 11.4. The summed E-state index contributed by atoms with van der Waals surface area (Å²) in [4.78, 5) is 8.49. The Bertz CT molecular complexity index is 384. The number of nitrogens with one attached hydrogen (secondary N) is 2. The first-order valence-corrected chi connectivity index (χ1v) is 6.71. The van der Waals surface area contributed by atoms with Crippen molar-refractivity contribution in [3.8, 4) is 0 Å². The second kappa shape index (κ2) is 6.89. The van der Waals surface area contributed by atoms with Crippen LogP contribution in [0.15, 0.2) is 10.7 Å². The third-order valence-corrected chi connectivity index (χ3v) is 3.27. The zero-order chi connectivity index (χ0) is 13.6. The number of halogens is 1. The molecule has 2 N–H and O–H groups in total. The van der Waals surface area contributed by atoms with Gasteiger partial charge in [0.05, 0.1) is 4.47 Å². The largest absolute Gasteiger partial charge is 0.385 e. The molecular weight excluding hydrogens is 296 g/mol. The zero-order valence-corrected chi connectivity index (χ0v) is 13.0. The van der Waals surface area contributed by atoms with Crippen LogP contribution in [-0.2, 0) is 4.74 Å². The molecule has 1 aromatic rings. The van der Waals surface area contributed by atoms with Crippen molar-refractivity contribution in [2.45, 2.75) is 20.3 Å². The number of hydrogen-bond acceptors (Lipinski definition) is 5. The SMILES string of the molecule is CNc1ncc(Br)c(NCC(C)(C)CCOC)n1. The lowest BCUT2D eigenvalue weighted by molar-refractivity contribution is 0.157. The van der Waals surface area contributed by atoms with E-state index in [2.05, 4.69) is 50.4 Å². The number of hydrogen-bond donors (Lipinski definition) is 2. The van der Waals surface area contributed by atoms with Gasteiger partial charge in [-0.2, -0.15) is 4.98 Å². The van der Waals surface area contributed by atoms with Crippen molar-refractivity contribution in [1.29, 1.82) is 0 Å². The van der Waals surface area contributed by atoms with E-state index in [1.54, 1.807) is 20.4 Å². The van der Waals surface area contributed by atoms with E-state index >= 15 is 0 Å². The van der Waals surface area contributed by atoms with E-state index in [1.807, 2.05) is 0 Å². The highest BCUT2D eigenvalue weighted by Gasteiger charge is 2.18. The van der Waals surface area contributed by atoms with Crippen LogP contribution < -0.4 is 10.6 Å². The van der Waals surface area contributed by atoms with Gasteiger partial charge in [-0.1, -0.05) is 13.8 Å². The average molecular weight is 317 g/mol. The molecule has 1 heterocycles. The van der Waals surface area contributed by atoms with Crippen molar-refractivity contribution < 1.29 is 4.74 Å². The van der Waals surface area contributed by atoms with Gasteiger partial charge in [0, 0.05) is 33.5 Å². The van der Waals surface area contributed by atoms with Crippen LogP contribution in [0, 0.1) is 5.41 Å². The van der Waals surface area contributed by atoms with E-state index in [0.717, 1.165) is 29.9 Å². The maximum absolute atomic E-state index is 5.12. The summed E-state index contributed by atoms with van der Waals surface area (Å²) in [5.74, 6) is 1.41. The molecule has 0 aliphatic rings. The summed E-state index contributed by atoms with van der Waals surface area (Å²) in [6, 6.07) is 0. The monoisotopic (exact) mass is 316 g/mol. The van der Waals surface area contributed by atoms with Crippen molar-refractivity contribution in [3.63, 3.8) is 0 Å². The molecule has 0 saturated heterocycles. The minimum Gasteiger partial charge on any atom is -0.385 e. The fraction of sp³-hybridized carbons (Fsp3) is 0.667. The highest BCUT2D eigenvalue weighted by atomic mass is 79.9. The molecule has 0 aliphatic carbocycles. The summed E-state index contributed by atoms with van der Waals surface area (Å²) in [5.41, 5.74) is 0.153. The van der Waals surface area contributed by atoms with Gasteiger partial charge in [-0.15, -0.1) is 0 Å². The highest BCUT2D eigenvalue weighted by molar-refractivity contribution is 9.10. The minimum atomic E-state index is 0.153. The Kier molecular flexibility index (Phi) is 5.81. The van der Waals surface area contributed by atoms with Crippen molar-refractivity contribution in [2.75, 3.05) is 37.9 Å². The quantitative estimate of drug-likeness (QED) is 0.810. The van der Waals surface area contributed by atoms with Crippen LogP contribution in [0.1, 0.15) is 20.3 Å². The minimum absolute atomic E-state index is 0.153. The Labute approximate surface area is 117 Å². The molecule has 1 aromatic heterocycles. The van der Waals surface area contributed by atoms with Crippen LogP contribution in [-0.4, -0.2) is 37.3 Å². The van der Waals surface area contributed by atoms with E-state index in [9.17, 15) is 0 Å². The number of methoxy groups -OCH3 is 1. The predicted octanol–water partition coefficient (Wildman–Crippen LogP) is 2.76.